The standard InChI is InChI=1S/C38H52N2O5/c1-6-21-39-22-20-38(32-17-13-18-34(23-32)44-29(4)41)25-33(24-36(35(38)27-39)45-30(5)42)40(26-28(2)3)37(43)19-12-8-11-16-31-14-9-7-10-15-31/h6-7,9-10,13-15,17-18,23,28,33,35-36H,1,8,11-12,16,19-22,24-27H2,2-5H3/t33-,35+,36?,38+/m1/s1. The molecule has 1 saturated heterocycles. The summed E-state index contributed by atoms with van der Waals surface area (Å²) in [6, 6.07) is 18.3. The number of carbonyl (C=O) groups is 3. The molecule has 2 aliphatic rings. The summed E-state index contributed by atoms with van der Waals surface area (Å²) in [6.45, 7) is 14.2. The normalized spacial score (nSPS) is 23.2. The van der Waals surface area contributed by atoms with Crippen molar-refractivity contribution in [1.29, 1.82) is 0 Å². The zero-order chi connectivity index (χ0) is 32.4. The molecule has 1 saturated carbocycles. The van der Waals surface area contributed by atoms with Gasteiger partial charge in [-0.15, -0.1) is 6.58 Å². The number of fused-ring (bicyclic) bond motifs is 1. The van der Waals surface area contributed by atoms with Crippen molar-refractivity contribution in [3.63, 3.8) is 0 Å². The average molecular weight is 617 g/mol. The maximum absolute atomic E-state index is 14.0. The number of unbranched alkanes of at least 4 members (excludes halogenated alkanes) is 2. The summed E-state index contributed by atoms with van der Waals surface area (Å²) < 4.78 is 11.7. The number of piperidine rings is 1. The smallest absolute Gasteiger partial charge is 0.308 e. The van der Waals surface area contributed by atoms with E-state index >= 15 is 0 Å². The summed E-state index contributed by atoms with van der Waals surface area (Å²) >= 11 is 0. The Balaban J connectivity index is 1.61. The van der Waals surface area contributed by atoms with Crippen LogP contribution in [0.15, 0.2) is 67.3 Å². The van der Waals surface area contributed by atoms with Gasteiger partial charge >= 0.3 is 11.9 Å². The van der Waals surface area contributed by atoms with Gasteiger partial charge in [0.1, 0.15) is 11.9 Å². The van der Waals surface area contributed by atoms with Crippen LogP contribution in [-0.2, 0) is 31.0 Å². The monoisotopic (exact) mass is 616 g/mol. The Morgan fingerprint density at radius 3 is 2.51 bits per heavy atom. The number of ether oxygens (including phenoxy) is 2. The number of nitrogens with zero attached hydrogens (tertiary/aromatic N) is 2. The number of hydrogen-bond donors (Lipinski definition) is 0. The fourth-order valence-corrected chi connectivity index (χ4v) is 7.61. The number of esters is 2. The van der Waals surface area contributed by atoms with Gasteiger partial charge in [0.25, 0.3) is 0 Å². The van der Waals surface area contributed by atoms with Crippen molar-refractivity contribution in [2.75, 3.05) is 26.2 Å². The van der Waals surface area contributed by atoms with E-state index in [0.717, 1.165) is 63.7 Å². The average Bonchev–Trinajstić information content (AvgIpc) is 3.00. The summed E-state index contributed by atoms with van der Waals surface area (Å²) in [6.07, 6.45) is 8.26. The molecule has 0 N–H and O–H groups in total. The van der Waals surface area contributed by atoms with Crippen molar-refractivity contribution < 1.29 is 23.9 Å². The molecule has 1 aliphatic carbocycles. The third-order valence-electron chi connectivity index (χ3n) is 9.49. The number of rotatable bonds is 14. The van der Waals surface area contributed by atoms with E-state index < -0.39 is 0 Å². The van der Waals surface area contributed by atoms with Crippen molar-refractivity contribution in [3.8, 4) is 5.75 Å². The van der Waals surface area contributed by atoms with Gasteiger partial charge in [-0.05, 0) is 67.8 Å². The largest absolute Gasteiger partial charge is 0.462 e. The Morgan fingerprint density at radius 1 is 1.04 bits per heavy atom. The van der Waals surface area contributed by atoms with E-state index in [0.29, 0.717) is 31.1 Å². The molecule has 4 rings (SSSR count). The first kappa shape index (κ1) is 34.4. The Hall–Kier alpha value is -3.45. The summed E-state index contributed by atoms with van der Waals surface area (Å²) in [5.41, 5.74) is 2.05. The lowest BCUT2D eigenvalue weighted by molar-refractivity contribution is -0.161. The predicted molar refractivity (Wildman–Crippen MR) is 178 cm³/mol. The van der Waals surface area contributed by atoms with Crippen LogP contribution >= 0.6 is 0 Å². The van der Waals surface area contributed by atoms with E-state index in [1.807, 2.05) is 24.3 Å². The van der Waals surface area contributed by atoms with Crippen molar-refractivity contribution >= 4 is 17.8 Å². The third kappa shape index (κ3) is 9.29. The second-order valence-electron chi connectivity index (χ2n) is 13.4. The van der Waals surface area contributed by atoms with Crippen LogP contribution in [0.25, 0.3) is 0 Å². The molecular formula is C38H52N2O5. The van der Waals surface area contributed by atoms with Gasteiger partial charge in [-0.1, -0.05) is 68.8 Å². The fraction of sp³-hybridized carbons (Fsp3) is 0.553. The van der Waals surface area contributed by atoms with Crippen LogP contribution in [0, 0.1) is 11.8 Å². The first-order valence-corrected chi connectivity index (χ1v) is 16.7. The molecule has 2 aromatic rings. The highest BCUT2D eigenvalue weighted by Gasteiger charge is 2.54. The number of likely N-dealkylation sites (tertiary alicyclic amines) is 1. The highest BCUT2D eigenvalue weighted by Crippen LogP contribution is 2.51. The predicted octanol–water partition coefficient (Wildman–Crippen LogP) is 6.74. The van der Waals surface area contributed by atoms with Gasteiger partial charge in [-0.25, -0.2) is 0 Å². The van der Waals surface area contributed by atoms with Crippen LogP contribution in [0.3, 0.4) is 0 Å². The molecule has 7 nitrogen and oxygen atoms in total. The van der Waals surface area contributed by atoms with E-state index in [4.69, 9.17) is 9.47 Å². The van der Waals surface area contributed by atoms with Gasteiger partial charge in [-0.2, -0.15) is 0 Å². The molecule has 1 unspecified atom stereocenters. The maximum atomic E-state index is 14.0. The molecule has 0 aromatic heterocycles. The van der Waals surface area contributed by atoms with E-state index in [2.05, 4.69) is 60.6 Å². The summed E-state index contributed by atoms with van der Waals surface area (Å²) in [4.78, 5) is 42.8. The maximum Gasteiger partial charge on any atom is 0.308 e. The molecule has 1 amide bonds. The van der Waals surface area contributed by atoms with Crippen LogP contribution in [0.4, 0.5) is 0 Å². The van der Waals surface area contributed by atoms with Crippen molar-refractivity contribution in [2.45, 2.75) is 96.6 Å². The molecule has 0 spiro atoms. The van der Waals surface area contributed by atoms with Gasteiger partial charge < -0.3 is 14.4 Å². The first-order valence-electron chi connectivity index (χ1n) is 16.7. The van der Waals surface area contributed by atoms with Crippen LogP contribution in [0.1, 0.15) is 83.8 Å². The molecule has 45 heavy (non-hydrogen) atoms. The van der Waals surface area contributed by atoms with Gasteiger partial charge in [0.15, 0.2) is 0 Å². The molecule has 4 atom stereocenters. The number of benzene rings is 2. The zero-order valence-corrected chi connectivity index (χ0v) is 27.7. The van der Waals surface area contributed by atoms with Gasteiger partial charge in [0, 0.05) is 63.7 Å². The van der Waals surface area contributed by atoms with E-state index in [1.54, 1.807) is 6.07 Å². The Kier molecular flexibility index (Phi) is 12.4. The van der Waals surface area contributed by atoms with Crippen molar-refractivity contribution in [2.24, 2.45) is 11.8 Å². The van der Waals surface area contributed by atoms with Crippen LogP contribution in [-0.4, -0.2) is 66.0 Å². The van der Waals surface area contributed by atoms with Gasteiger partial charge in [0.05, 0.1) is 0 Å². The quantitative estimate of drug-likeness (QED) is 0.101. The van der Waals surface area contributed by atoms with Crippen molar-refractivity contribution in [3.05, 3.63) is 78.4 Å². The second kappa shape index (κ2) is 16.2. The summed E-state index contributed by atoms with van der Waals surface area (Å²) in [5.74, 6) is 0.352. The molecular weight excluding hydrogens is 564 g/mol. The highest BCUT2D eigenvalue weighted by molar-refractivity contribution is 5.76. The topological polar surface area (TPSA) is 76.2 Å². The Bertz CT molecular complexity index is 1290. The second-order valence-corrected chi connectivity index (χ2v) is 13.4. The molecule has 0 bridgehead atoms. The molecule has 0 radical (unpaired) electrons. The first-order chi connectivity index (χ1) is 21.6. The van der Waals surface area contributed by atoms with E-state index in [-0.39, 0.29) is 41.3 Å². The molecule has 2 fully saturated rings. The molecule has 244 valence electrons. The van der Waals surface area contributed by atoms with E-state index in [1.165, 1.54) is 19.4 Å². The lowest BCUT2D eigenvalue weighted by atomic mass is 9.56. The fourth-order valence-electron chi connectivity index (χ4n) is 7.61. The minimum absolute atomic E-state index is 0.0212. The number of hydrogen-bond acceptors (Lipinski definition) is 6. The number of amides is 1. The van der Waals surface area contributed by atoms with Crippen LogP contribution in [0.2, 0.25) is 0 Å². The molecule has 1 aliphatic heterocycles. The van der Waals surface area contributed by atoms with E-state index in [9.17, 15) is 14.4 Å². The lowest BCUT2D eigenvalue weighted by Gasteiger charge is -2.56. The summed E-state index contributed by atoms with van der Waals surface area (Å²) in [7, 11) is 0. The van der Waals surface area contributed by atoms with Gasteiger partial charge in [0.2, 0.25) is 5.91 Å². The SMILES string of the molecule is C=CCN1CC[C@@]2(c3cccc(OC(C)=O)c3)C[C@H](N(CC(C)C)C(=O)CCCCCc3ccccc3)CC(OC(C)=O)[C@@H]2C1. The zero-order valence-electron chi connectivity index (χ0n) is 27.7. The minimum atomic E-state index is -0.362. The molecule has 2 aromatic carbocycles. The third-order valence-corrected chi connectivity index (χ3v) is 9.49. The Morgan fingerprint density at radius 2 is 1.82 bits per heavy atom. The molecule has 1 heterocycles. The number of carbonyl (C=O) groups excluding carboxylic acids is 3. The lowest BCUT2D eigenvalue weighted by Crippen LogP contribution is -2.62. The van der Waals surface area contributed by atoms with Crippen LogP contribution < -0.4 is 4.74 Å². The van der Waals surface area contributed by atoms with Crippen LogP contribution in [0.5, 0.6) is 5.75 Å². The van der Waals surface area contributed by atoms with Gasteiger partial charge in [-0.3, -0.25) is 19.3 Å². The number of aryl methyl sites for hydroxylation is 1. The minimum Gasteiger partial charge on any atom is -0.462 e. The summed E-state index contributed by atoms with van der Waals surface area (Å²) in [5, 5.41) is 0. The highest BCUT2D eigenvalue weighted by atomic mass is 16.5. The van der Waals surface area contributed by atoms with Crippen molar-refractivity contribution in [1.82, 2.24) is 9.80 Å². The molecule has 7 heteroatoms. The Labute approximate surface area is 270 Å².